The second-order valence-corrected chi connectivity index (χ2v) is 3.79. The highest BCUT2D eigenvalue weighted by Gasteiger charge is 2.09. The first kappa shape index (κ1) is 9.71. The maximum atomic E-state index is 5.58. The summed E-state index contributed by atoms with van der Waals surface area (Å²) in [6, 6.07) is 2.14. The minimum absolute atomic E-state index is 0.0833. The molecular formula is C9H15NOS. The van der Waals surface area contributed by atoms with Gasteiger partial charge in [0.15, 0.2) is 0 Å². The number of hydrogen-bond donors (Lipinski definition) is 1. The lowest BCUT2D eigenvalue weighted by Gasteiger charge is -2.12. The number of hydrogen-bond acceptors (Lipinski definition) is 3. The predicted octanol–water partition coefficient (Wildman–Crippen LogP) is 2.09. The number of nitrogens with two attached hydrogens (primary N) is 1. The Morgan fingerprint density at radius 2 is 2.42 bits per heavy atom. The van der Waals surface area contributed by atoms with E-state index in [1.807, 2.05) is 6.92 Å². The van der Waals surface area contributed by atoms with E-state index >= 15 is 0 Å². The van der Waals surface area contributed by atoms with Gasteiger partial charge < -0.3 is 10.5 Å². The molecule has 2 N–H and O–H groups in total. The smallest absolute Gasteiger partial charge is 0.0955 e. The Hall–Kier alpha value is -0.380. The van der Waals surface area contributed by atoms with E-state index in [9.17, 15) is 0 Å². The molecule has 0 radical (unpaired) electrons. The Morgan fingerprint density at radius 3 is 2.83 bits per heavy atom. The van der Waals surface area contributed by atoms with Gasteiger partial charge in [-0.15, -0.1) is 11.3 Å². The van der Waals surface area contributed by atoms with Gasteiger partial charge >= 0.3 is 0 Å². The molecule has 1 rings (SSSR count). The molecule has 0 aromatic carbocycles. The average Bonchev–Trinajstić information content (AvgIpc) is 2.47. The van der Waals surface area contributed by atoms with Gasteiger partial charge in [0.25, 0.3) is 0 Å². The van der Waals surface area contributed by atoms with Crippen LogP contribution in [0.15, 0.2) is 11.4 Å². The summed E-state index contributed by atoms with van der Waals surface area (Å²) >= 11 is 1.74. The SMILES string of the molecule is CCOC(CN)c1csc(C)c1. The van der Waals surface area contributed by atoms with Crippen LogP contribution >= 0.6 is 11.3 Å². The second-order valence-electron chi connectivity index (χ2n) is 2.67. The minimum atomic E-state index is 0.0833. The molecule has 0 saturated heterocycles. The van der Waals surface area contributed by atoms with Crippen LogP contribution in [0.25, 0.3) is 0 Å². The quantitative estimate of drug-likeness (QED) is 0.779. The first-order chi connectivity index (χ1) is 5.77. The lowest BCUT2D eigenvalue weighted by molar-refractivity contribution is 0.0691. The summed E-state index contributed by atoms with van der Waals surface area (Å²) in [6.45, 7) is 5.36. The number of rotatable bonds is 4. The standard InChI is InChI=1S/C9H15NOS/c1-3-11-9(5-10)8-4-7(2)12-6-8/h4,6,9H,3,5,10H2,1-2H3. The third-order valence-electron chi connectivity index (χ3n) is 1.70. The van der Waals surface area contributed by atoms with Crippen LogP contribution in [0.2, 0.25) is 0 Å². The van der Waals surface area contributed by atoms with Gasteiger partial charge in [-0.1, -0.05) is 0 Å². The van der Waals surface area contributed by atoms with Gasteiger partial charge in [-0.2, -0.15) is 0 Å². The van der Waals surface area contributed by atoms with Gasteiger partial charge in [0.2, 0.25) is 0 Å². The minimum Gasteiger partial charge on any atom is -0.372 e. The van der Waals surface area contributed by atoms with Gasteiger partial charge in [-0.25, -0.2) is 0 Å². The molecule has 0 bridgehead atoms. The molecular weight excluding hydrogens is 170 g/mol. The molecule has 12 heavy (non-hydrogen) atoms. The lowest BCUT2D eigenvalue weighted by Crippen LogP contribution is -2.14. The molecule has 0 aliphatic carbocycles. The molecule has 0 amide bonds. The van der Waals surface area contributed by atoms with Crippen molar-refractivity contribution in [3.63, 3.8) is 0 Å². The van der Waals surface area contributed by atoms with Crippen molar-refractivity contribution in [2.45, 2.75) is 20.0 Å². The van der Waals surface area contributed by atoms with Gasteiger partial charge in [0.05, 0.1) is 6.10 Å². The zero-order valence-electron chi connectivity index (χ0n) is 7.54. The summed E-state index contributed by atoms with van der Waals surface area (Å²) in [7, 11) is 0. The van der Waals surface area contributed by atoms with Crippen molar-refractivity contribution in [2.75, 3.05) is 13.2 Å². The van der Waals surface area contributed by atoms with E-state index in [1.165, 1.54) is 10.4 Å². The molecule has 3 heteroatoms. The van der Waals surface area contributed by atoms with Crippen LogP contribution < -0.4 is 5.73 Å². The third kappa shape index (κ3) is 2.30. The van der Waals surface area contributed by atoms with Crippen LogP contribution in [0, 0.1) is 6.92 Å². The fraction of sp³-hybridized carbons (Fsp3) is 0.556. The molecule has 1 atom stereocenters. The average molecular weight is 185 g/mol. The monoisotopic (exact) mass is 185 g/mol. The molecule has 0 saturated carbocycles. The van der Waals surface area contributed by atoms with Crippen LogP contribution in [0.5, 0.6) is 0 Å². The number of ether oxygens (including phenoxy) is 1. The maximum Gasteiger partial charge on any atom is 0.0955 e. The van der Waals surface area contributed by atoms with Gasteiger partial charge in [0, 0.05) is 18.0 Å². The zero-order valence-corrected chi connectivity index (χ0v) is 8.36. The Balaban J connectivity index is 2.66. The molecule has 0 aliphatic rings. The molecule has 0 aliphatic heterocycles. The van der Waals surface area contributed by atoms with Crippen LogP contribution in [-0.2, 0) is 4.74 Å². The van der Waals surface area contributed by atoms with Crippen molar-refractivity contribution in [3.8, 4) is 0 Å². The van der Waals surface area contributed by atoms with E-state index in [-0.39, 0.29) is 6.10 Å². The first-order valence-corrected chi connectivity index (χ1v) is 5.02. The molecule has 1 unspecified atom stereocenters. The second kappa shape index (κ2) is 4.60. The topological polar surface area (TPSA) is 35.2 Å². The van der Waals surface area contributed by atoms with Crippen molar-refractivity contribution in [1.29, 1.82) is 0 Å². The van der Waals surface area contributed by atoms with Crippen molar-refractivity contribution < 1.29 is 4.74 Å². The molecule has 68 valence electrons. The Kier molecular flexibility index (Phi) is 3.72. The van der Waals surface area contributed by atoms with E-state index in [4.69, 9.17) is 10.5 Å². The Bertz CT molecular complexity index is 234. The summed E-state index contributed by atoms with van der Waals surface area (Å²) in [5, 5.41) is 2.11. The highest BCUT2D eigenvalue weighted by atomic mass is 32.1. The van der Waals surface area contributed by atoms with Gasteiger partial charge in [-0.3, -0.25) is 0 Å². The first-order valence-electron chi connectivity index (χ1n) is 4.14. The molecule has 1 aromatic heterocycles. The third-order valence-corrected chi connectivity index (χ3v) is 2.58. The van der Waals surface area contributed by atoms with Crippen LogP contribution in [-0.4, -0.2) is 13.2 Å². The molecule has 0 spiro atoms. The van der Waals surface area contributed by atoms with Crippen LogP contribution in [0.4, 0.5) is 0 Å². The van der Waals surface area contributed by atoms with E-state index in [0.717, 1.165) is 6.61 Å². The van der Waals surface area contributed by atoms with E-state index in [1.54, 1.807) is 11.3 Å². The van der Waals surface area contributed by atoms with Crippen molar-refractivity contribution in [1.82, 2.24) is 0 Å². The van der Waals surface area contributed by atoms with E-state index < -0.39 is 0 Å². The summed E-state index contributed by atoms with van der Waals surface area (Å²) in [6.07, 6.45) is 0.0833. The summed E-state index contributed by atoms with van der Waals surface area (Å²) in [4.78, 5) is 1.31. The van der Waals surface area contributed by atoms with E-state index in [2.05, 4.69) is 18.4 Å². The Morgan fingerprint density at radius 1 is 1.67 bits per heavy atom. The fourth-order valence-corrected chi connectivity index (χ4v) is 1.88. The predicted molar refractivity (Wildman–Crippen MR) is 52.5 cm³/mol. The van der Waals surface area contributed by atoms with Crippen LogP contribution in [0.1, 0.15) is 23.5 Å². The lowest BCUT2D eigenvalue weighted by atomic mass is 10.2. The normalized spacial score (nSPS) is 13.2. The molecule has 0 fully saturated rings. The Labute approximate surface area is 77.3 Å². The van der Waals surface area contributed by atoms with Crippen molar-refractivity contribution in [3.05, 3.63) is 21.9 Å². The largest absolute Gasteiger partial charge is 0.372 e. The molecule has 1 aromatic rings. The number of aryl methyl sites for hydroxylation is 1. The van der Waals surface area contributed by atoms with Gasteiger partial charge in [0.1, 0.15) is 0 Å². The highest BCUT2D eigenvalue weighted by Crippen LogP contribution is 2.22. The molecule has 1 heterocycles. The summed E-state index contributed by atoms with van der Waals surface area (Å²) in [5.41, 5.74) is 6.79. The van der Waals surface area contributed by atoms with Crippen molar-refractivity contribution in [2.24, 2.45) is 5.73 Å². The van der Waals surface area contributed by atoms with E-state index in [0.29, 0.717) is 6.54 Å². The van der Waals surface area contributed by atoms with Crippen LogP contribution in [0.3, 0.4) is 0 Å². The van der Waals surface area contributed by atoms with Gasteiger partial charge in [-0.05, 0) is 30.9 Å². The molecule has 2 nitrogen and oxygen atoms in total. The zero-order chi connectivity index (χ0) is 8.97. The summed E-state index contributed by atoms with van der Waals surface area (Å²) < 4.78 is 5.47. The summed E-state index contributed by atoms with van der Waals surface area (Å²) in [5.74, 6) is 0. The highest BCUT2D eigenvalue weighted by molar-refractivity contribution is 7.10. The fourth-order valence-electron chi connectivity index (χ4n) is 1.13. The number of thiophene rings is 1. The van der Waals surface area contributed by atoms with Crippen molar-refractivity contribution >= 4 is 11.3 Å². The maximum absolute atomic E-state index is 5.58.